The Balaban J connectivity index is 1.54. The van der Waals surface area contributed by atoms with Gasteiger partial charge in [-0.05, 0) is 25.7 Å². The van der Waals surface area contributed by atoms with Crippen LogP contribution in [0.5, 0.6) is 0 Å². The summed E-state index contributed by atoms with van der Waals surface area (Å²) >= 11 is 0. The van der Waals surface area contributed by atoms with E-state index in [1.54, 1.807) is 4.90 Å². The van der Waals surface area contributed by atoms with Crippen LogP contribution < -0.4 is 5.32 Å². The fourth-order valence-corrected chi connectivity index (χ4v) is 3.35. The van der Waals surface area contributed by atoms with Crippen molar-refractivity contribution >= 4 is 17.7 Å². The number of carbonyl (C=O) groups is 3. The molecule has 3 saturated heterocycles. The molecule has 0 bridgehead atoms. The van der Waals surface area contributed by atoms with Crippen molar-refractivity contribution in [3.05, 3.63) is 0 Å². The van der Waals surface area contributed by atoms with E-state index in [9.17, 15) is 14.4 Å². The number of nitrogens with zero attached hydrogens (tertiary/aromatic N) is 2. The second-order valence-electron chi connectivity index (χ2n) is 6.16. The first-order valence-corrected chi connectivity index (χ1v) is 8.13. The molecule has 3 fully saturated rings. The molecule has 3 amide bonds. The number of nitrogens with one attached hydrogen (secondary N) is 1. The van der Waals surface area contributed by atoms with Crippen LogP contribution in [0, 0.1) is 0 Å². The minimum absolute atomic E-state index is 0.0164. The minimum atomic E-state index is -0.382. The molecule has 3 aliphatic rings. The molecule has 0 aromatic carbocycles. The van der Waals surface area contributed by atoms with E-state index in [4.69, 9.17) is 4.74 Å². The lowest BCUT2D eigenvalue weighted by Gasteiger charge is -2.25. The summed E-state index contributed by atoms with van der Waals surface area (Å²) in [4.78, 5) is 39.6. The first-order valence-electron chi connectivity index (χ1n) is 8.13. The number of hydrogen-bond donors (Lipinski definition) is 1. The lowest BCUT2D eigenvalue weighted by molar-refractivity contribution is -0.141. The molecule has 0 spiro atoms. The summed E-state index contributed by atoms with van der Waals surface area (Å²) in [7, 11) is 0. The SMILES string of the molecule is O=C1CCC(C(=O)N2CCCN(C(=O)C3CCCO3)CC2)N1. The maximum atomic E-state index is 12.4. The van der Waals surface area contributed by atoms with Crippen LogP contribution in [0.4, 0.5) is 0 Å². The summed E-state index contributed by atoms with van der Waals surface area (Å²) in [6.45, 7) is 3.05. The van der Waals surface area contributed by atoms with Gasteiger partial charge in [-0.25, -0.2) is 0 Å². The number of rotatable bonds is 2. The van der Waals surface area contributed by atoms with Gasteiger partial charge >= 0.3 is 0 Å². The minimum Gasteiger partial charge on any atom is -0.368 e. The second-order valence-corrected chi connectivity index (χ2v) is 6.16. The summed E-state index contributed by atoms with van der Waals surface area (Å²) in [6.07, 6.45) is 3.21. The predicted octanol–water partition coefficient (Wildman–Crippen LogP) is -0.495. The van der Waals surface area contributed by atoms with Gasteiger partial charge in [0.05, 0.1) is 0 Å². The highest BCUT2D eigenvalue weighted by molar-refractivity contribution is 5.91. The summed E-state index contributed by atoms with van der Waals surface area (Å²) in [5.74, 6) is -0.0124. The van der Waals surface area contributed by atoms with Crippen molar-refractivity contribution in [1.29, 1.82) is 0 Å². The van der Waals surface area contributed by atoms with Gasteiger partial charge in [0.2, 0.25) is 11.8 Å². The van der Waals surface area contributed by atoms with Crippen molar-refractivity contribution in [2.24, 2.45) is 0 Å². The first-order chi connectivity index (χ1) is 10.6. The van der Waals surface area contributed by atoms with Gasteiger partial charge in [-0.1, -0.05) is 0 Å². The summed E-state index contributed by atoms with van der Waals surface area (Å²) in [5.41, 5.74) is 0. The van der Waals surface area contributed by atoms with E-state index in [1.807, 2.05) is 4.90 Å². The number of hydrogen-bond acceptors (Lipinski definition) is 4. The molecule has 3 rings (SSSR count). The molecular formula is C15H23N3O4. The third kappa shape index (κ3) is 3.24. The van der Waals surface area contributed by atoms with Crippen molar-refractivity contribution in [3.8, 4) is 0 Å². The molecule has 3 aliphatic heterocycles. The third-order valence-corrected chi connectivity index (χ3v) is 4.62. The van der Waals surface area contributed by atoms with Crippen molar-refractivity contribution in [3.63, 3.8) is 0 Å². The van der Waals surface area contributed by atoms with E-state index < -0.39 is 0 Å². The molecule has 122 valence electrons. The Kier molecular flexibility index (Phi) is 4.61. The van der Waals surface area contributed by atoms with E-state index in [-0.39, 0.29) is 29.9 Å². The standard InChI is InChI=1S/C15H23N3O4/c19-13-5-4-11(16-13)14(20)17-6-2-7-18(9-8-17)15(21)12-3-1-10-22-12/h11-12H,1-10H2,(H,16,19). The number of ether oxygens (including phenoxy) is 1. The fourth-order valence-electron chi connectivity index (χ4n) is 3.35. The van der Waals surface area contributed by atoms with Gasteiger partial charge in [-0.2, -0.15) is 0 Å². The first kappa shape index (κ1) is 15.3. The molecule has 2 unspecified atom stereocenters. The van der Waals surface area contributed by atoms with Crippen LogP contribution in [-0.2, 0) is 19.1 Å². The van der Waals surface area contributed by atoms with Gasteiger partial charge in [0.25, 0.3) is 5.91 Å². The van der Waals surface area contributed by atoms with Crippen molar-refractivity contribution in [2.75, 3.05) is 32.8 Å². The normalized spacial score (nSPS) is 29.4. The van der Waals surface area contributed by atoms with E-state index in [1.165, 1.54) is 0 Å². The fraction of sp³-hybridized carbons (Fsp3) is 0.800. The topological polar surface area (TPSA) is 79.0 Å². The highest BCUT2D eigenvalue weighted by Gasteiger charge is 2.33. The average Bonchev–Trinajstić information content (AvgIpc) is 3.13. The van der Waals surface area contributed by atoms with E-state index >= 15 is 0 Å². The van der Waals surface area contributed by atoms with Gasteiger partial charge in [0.15, 0.2) is 0 Å². The van der Waals surface area contributed by atoms with E-state index in [0.717, 1.165) is 19.3 Å². The number of carbonyl (C=O) groups excluding carboxylic acids is 3. The van der Waals surface area contributed by atoms with Gasteiger partial charge in [0, 0.05) is 39.2 Å². The molecule has 22 heavy (non-hydrogen) atoms. The monoisotopic (exact) mass is 309 g/mol. The molecule has 2 atom stereocenters. The average molecular weight is 309 g/mol. The molecule has 7 heteroatoms. The van der Waals surface area contributed by atoms with Crippen LogP contribution >= 0.6 is 0 Å². The van der Waals surface area contributed by atoms with Crippen LogP contribution in [0.15, 0.2) is 0 Å². The van der Waals surface area contributed by atoms with Crippen molar-refractivity contribution in [2.45, 2.75) is 44.2 Å². The molecule has 0 aromatic heterocycles. The molecule has 7 nitrogen and oxygen atoms in total. The molecule has 3 heterocycles. The van der Waals surface area contributed by atoms with Gasteiger partial charge < -0.3 is 19.9 Å². The zero-order valence-electron chi connectivity index (χ0n) is 12.8. The summed E-state index contributed by atoms with van der Waals surface area (Å²) < 4.78 is 5.46. The Hall–Kier alpha value is -1.63. The summed E-state index contributed by atoms with van der Waals surface area (Å²) in [5, 5.41) is 2.72. The Bertz CT molecular complexity index is 462. The van der Waals surface area contributed by atoms with Crippen LogP contribution in [0.2, 0.25) is 0 Å². The lowest BCUT2D eigenvalue weighted by atomic mass is 10.2. The Morgan fingerprint density at radius 1 is 1.00 bits per heavy atom. The van der Waals surface area contributed by atoms with Crippen LogP contribution in [-0.4, -0.2) is 72.5 Å². The van der Waals surface area contributed by atoms with Crippen molar-refractivity contribution in [1.82, 2.24) is 15.1 Å². The summed E-state index contributed by atoms with van der Waals surface area (Å²) in [6, 6.07) is -0.382. The van der Waals surface area contributed by atoms with Gasteiger partial charge in [-0.3, -0.25) is 14.4 Å². The number of amides is 3. The maximum Gasteiger partial charge on any atom is 0.251 e. The maximum absolute atomic E-state index is 12.4. The zero-order valence-corrected chi connectivity index (χ0v) is 12.8. The highest BCUT2D eigenvalue weighted by Crippen LogP contribution is 2.17. The Morgan fingerprint density at radius 3 is 2.32 bits per heavy atom. The Labute approximate surface area is 129 Å². The second kappa shape index (κ2) is 6.64. The molecule has 0 saturated carbocycles. The van der Waals surface area contributed by atoms with Crippen molar-refractivity contribution < 1.29 is 19.1 Å². The third-order valence-electron chi connectivity index (χ3n) is 4.62. The molecule has 0 aliphatic carbocycles. The van der Waals surface area contributed by atoms with E-state index in [2.05, 4.69) is 5.32 Å². The van der Waals surface area contributed by atoms with Gasteiger partial charge in [0.1, 0.15) is 12.1 Å². The van der Waals surface area contributed by atoms with Gasteiger partial charge in [-0.15, -0.1) is 0 Å². The lowest BCUT2D eigenvalue weighted by Crippen LogP contribution is -2.46. The highest BCUT2D eigenvalue weighted by atomic mass is 16.5. The van der Waals surface area contributed by atoms with Crippen LogP contribution in [0.3, 0.4) is 0 Å². The smallest absolute Gasteiger partial charge is 0.251 e. The van der Waals surface area contributed by atoms with E-state index in [0.29, 0.717) is 45.6 Å². The van der Waals surface area contributed by atoms with Crippen LogP contribution in [0.1, 0.15) is 32.1 Å². The largest absolute Gasteiger partial charge is 0.368 e. The Morgan fingerprint density at radius 2 is 1.73 bits per heavy atom. The molecular weight excluding hydrogens is 286 g/mol. The zero-order chi connectivity index (χ0) is 15.5. The molecule has 0 radical (unpaired) electrons. The predicted molar refractivity (Wildman–Crippen MR) is 77.9 cm³/mol. The molecule has 0 aromatic rings. The quantitative estimate of drug-likeness (QED) is 0.746. The molecule has 1 N–H and O–H groups in total. The van der Waals surface area contributed by atoms with Crippen LogP contribution in [0.25, 0.3) is 0 Å².